The van der Waals surface area contributed by atoms with Crippen LogP contribution in [0.2, 0.25) is 0 Å². The molecule has 4 nitrogen and oxygen atoms in total. The van der Waals surface area contributed by atoms with Gasteiger partial charge in [0, 0.05) is 37.9 Å². The second-order valence-corrected chi connectivity index (χ2v) is 8.14. The van der Waals surface area contributed by atoms with Crippen LogP contribution in [-0.4, -0.2) is 54.2 Å². The van der Waals surface area contributed by atoms with E-state index in [0.717, 1.165) is 63.1 Å². The van der Waals surface area contributed by atoms with Crippen molar-refractivity contribution in [1.82, 2.24) is 9.80 Å². The van der Waals surface area contributed by atoms with Crippen LogP contribution in [0.4, 0.5) is 18.9 Å². The number of unbranched alkanes of at least 4 members (excludes halogenated alkanes) is 1. The maximum Gasteiger partial charge on any atom is 0.173 e. The number of nitrogens with one attached hydrogen (secondary N) is 1. The molecule has 0 amide bonds. The van der Waals surface area contributed by atoms with Gasteiger partial charge in [-0.2, -0.15) is 0 Å². The molecule has 0 aromatic heterocycles. The lowest BCUT2D eigenvalue weighted by molar-refractivity contribution is 0.161. The van der Waals surface area contributed by atoms with Crippen molar-refractivity contribution < 1.29 is 17.9 Å². The van der Waals surface area contributed by atoms with Gasteiger partial charge >= 0.3 is 0 Å². The summed E-state index contributed by atoms with van der Waals surface area (Å²) < 4.78 is 44.6. The van der Waals surface area contributed by atoms with E-state index in [1.165, 1.54) is 18.2 Å². The highest BCUT2D eigenvalue weighted by Gasteiger charge is 2.23. The number of anilines is 1. The predicted octanol–water partition coefficient (Wildman–Crippen LogP) is 5.06. The topological polar surface area (TPSA) is 27.7 Å². The van der Waals surface area contributed by atoms with Gasteiger partial charge in [-0.1, -0.05) is 0 Å². The van der Waals surface area contributed by atoms with Crippen LogP contribution in [0.3, 0.4) is 0 Å². The molecular weight excluding hydrogens is 423 g/mol. The number of thiocarbonyl (C=S) groups is 1. The summed E-state index contributed by atoms with van der Waals surface area (Å²) in [5, 5.41) is 3.80. The number of nitrogens with zero attached hydrogens (tertiary/aromatic N) is 2. The predicted molar refractivity (Wildman–Crippen MR) is 121 cm³/mol. The van der Waals surface area contributed by atoms with Crippen LogP contribution in [0.25, 0.3) is 0 Å². The Morgan fingerprint density at radius 3 is 2.45 bits per heavy atom. The Kier molecular flexibility index (Phi) is 8.54. The van der Waals surface area contributed by atoms with Crippen LogP contribution in [-0.2, 0) is 0 Å². The second-order valence-electron chi connectivity index (χ2n) is 7.75. The molecule has 1 N–H and O–H groups in total. The molecular formula is C23H28F3N3OS. The fraction of sp³-hybridized carbons (Fsp3) is 0.435. The highest BCUT2D eigenvalue weighted by molar-refractivity contribution is 7.80. The average molecular weight is 452 g/mol. The van der Waals surface area contributed by atoms with Crippen molar-refractivity contribution in [3.63, 3.8) is 0 Å². The van der Waals surface area contributed by atoms with E-state index in [-0.39, 0.29) is 5.82 Å². The van der Waals surface area contributed by atoms with Gasteiger partial charge in [0.2, 0.25) is 0 Å². The van der Waals surface area contributed by atoms with Crippen molar-refractivity contribution in [3.8, 4) is 5.75 Å². The third kappa shape index (κ3) is 7.11. The van der Waals surface area contributed by atoms with E-state index in [9.17, 15) is 13.2 Å². The first kappa shape index (κ1) is 23.3. The lowest BCUT2D eigenvalue weighted by atomic mass is 10.0. The largest absolute Gasteiger partial charge is 0.493 e. The molecule has 1 saturated heterocycles. The van der Waals surface area contributed by atoms with Crippen LogP contribution in [0, 0.1) is 17.5 Å². The van der Waals surface area contributed by atoms with Crippen LogP contribution < -0.4 is 10.1 Å². The van der Waals surface area contributed by atoms with Crippen molar-refractivity contribution in [2.24, 2.45) is 0 Å². The Morgan fingerprint density at radius 1 is 1.06 bits per heavy atom. The van der Waals surface area contributed by atoms with E-state index in [0.29, 0.717) is 23.5 Å². The van der Waals surface area contributed by atoms with Gasteiger partial charge in [-0.3, -0.25) is 0 Å². The fourth-order valence-electron chi connectivity index (χ4n) is 3.64. The minimum atomic E-state index is -0.891. The molecule has 8 heteroatoms. The van der Waals surface area contributed by atoms with Gasteiger partial charge in [0.1, 0.15) is 11.6 Å². The normalized spacial score (nSPS) is 15.0. The Balaban J connectivity index is 1.31. The van der Waals surface area contributed by atoms with Gasteiger partial charge in [-0.15, -0.1) is 0 Å². The highest BCUT2D eigenvalue weighted by Crippen LogP contribution is 2.19. The Hall–Kier alpha value is -2.32. The zero-order chi connectivity index (χ0) is 22.2. The number of hydrogen-bond acceptors (Lipinski definition) is 3. The Bertz CT molecular complexity index is 858. The van der Waals surface area contributed by atoms with Crippen LogP contribution in [0.15, 0.2) is 42.5 Å². The van der Waals surface area contributed by atoms with E-state index in [2.05, 4.69) is 15.1 Å². The summed E-state index contributed by atoms with van der Waals surface area (Å²) in [6.07, 6.45) is 3.87. The summed E-state index contributed by atoms with van der Waals surface area (Å²) >= 11 is 5.51. The summed E-state index contributed by atoms with van der Waals surface area (Å²) in [7, 11) is 1.99. The van der Waals surface area contributed by atoms with Crippen molar-refractivity contribution in [1.29, 1.82) is 0 Å². The van der Waals surface area contributed by atoms with Crippen LogP contribution in [0.5, 0.6) is 5.75 Å². The molecule has 0 atom stereocenters. The third-order valence-electron chi connectivity index (χ3n) is 5.55. The van der Waals surface area contributed by atoms with Crippen molar-refractivity contribution >= 4 is 23.0 Å². The van der Waals surface area contributed by atoms with Gasteiger partial charge in [-0.25, -0.2) is 13.2 Å². The number of ether oxygens (including phenoxy) is 1. The molecule has 0 unspecified atom stereocenters. The average Bonchev–Trinajstić information content (AvgIpc) is 2.77. The van der Waals surface area contributed by atoms with Crippen LogP contribution in [0.1, 0.15) is 25.7 Å². The van der Waals surface area contributed by atoms with E-state index >= 15 is 0 Å². The van der Waals surface area contributed by atoms with Crippen molar-refractivity contribution in [2.45, 2.75) is 31.7 Å². The lowest BCUT2D eigenvalue weighted by Crippen LogP contribution is -2.47. The fourth-order valence-corrected chi connectivity index (χ4v) is 3.90. The van der Waals surface area contributed by atoms with E-state index < -0.39 is 11.6 Å². The van der Waals surface area contributed by atoms with E-state index in [4.69, 9.17) is 17.0 Å². The zero-order valence-electron chi connectivity index (χ0n) is 17.6. The molecule has 1 aliphatic rings. The second kappa shape index (κ2) is 11.3. The number of benzene rings is 2. The summed E-state index contributed by atoms with van der Waals surface area (Å²) in [5.41, 5.74) is 0.779. The SMILES string of the molecule is CN(C(=S)Nc1ccc(F)cc1)C1CCN(CCCCOc2ccc(F)c(F)c2)CC1. The zero-order valence-corrected chi connectivity index (χ0v) is 18.4. The molecule has 1 fully saturated rings. The third-order valence-corrected chi connectivity index (χ3v) is 5.94. The lowest BCUT2D eigenvalue weighted by Gasteiger charge is -2.38. The summed E-state index contributed by atoms with van der Waals surface area (Å²) in [4.78, 5) is 4.52. The molecule has 0 bridgehead atoms. The Labute approximate surface area is 187 Å². The van der Waals surface area contributed by atoms with E-state index in [1.807, 2.05) is 7.05 Å². The molecule has 0 radical (unpaired) electrons. The molecule has 168 valence electrons. The minimum Gasteiger partial charge on any atom is -0.493 e. The molecule has 0 saturated carbocycles. The molecule has 0 spiro atoms. The minimum absolute atomic E-state index is 0.270. The number of hydrogen-bond donors (Lipinski definition) is 1. The number of likely N-dealkylation sites (tertiary alicyclic amines) is 1. The molecule has 2 aromatic carbocycles. The molecule has 3 rings (SSSR count). The summed E-state index contributed by atoms with van der Waals surface area (Å²) in [5.74, 6) is -1.67. The maximum absolute atomic E-state index is 13.2. The first-order valence-electron chi connectivity index (χ1n) is 10.5. The quantitative estimate of drug-likeness (QED) is 0.448. The standard InChI is InChI=1S/C23H28F3N3OS/c1-28(23(31)27-18-6-4-17(24)5-7-18)19-10-13-29(14-11-19)12-2-3-15-30-20-8-9-21(25)22(26)16-20/h4-9,16,19H,2-3,10-15H2,1H3,(H,27,31). The van der Waals surface area contributed by atoms with Crippen LogP contribution >= 0.6 is 12.2 Å². The highest BCUT2D eigenvalue weighted by atomic mass is 32.1. The number of rotatable bonds is 8. The maximum atomic E-state index is 13.2. The molecule has 0 aliphatic carbocycles. The smallest absolute Gasteiger partial charge is 0.173 e. The monoisotopic (exact) mass is 451 g/mol. The summed E-state index contributed by atoms with van der Waals surface area (Å²) in [6.45, 7) is 3.46. The number of halogens is 3. The van der Waals surface area contributed by atoms with Gasteiger partial charge < -0.3 is 19.9 Å². The molecule has 1 aliphatic heterocycles. The first-order valence-corrected chi connectivity index (χ1v) is 10.9. The molecule has 1 heterocycles. The summed E-state index contributed by atoms with van der Waals surface area (Å²) in [6, 6.07) is 10.1. The number of piperidine rings is 1. The molecule has 31 heavy (non-hydrogen) atoms. The van der Waals surface area contributed by atoms with Gasteiger partial charge in [0.15, 0.2) is 16.7 Å². The van der Waals surface area contributed by atoms with Gasteiger partial charge in [0.05, 0.1) is 6.61 Å². The first-order chi connectivity index (χ1) is 14.9. The molecule has 2 aromatic rings. The van der Waals surface area contributed by atoms with Crippen molar-refractivity contribution in [2.75, 3.05) is 38.6 Å². The van der Waals surface area contributed by atoms with Crippen molar-refractivity contribution in [3.05, 3.63) is 59.9 Å². The van der Waals surface area contributed by atoms with Gasteiger partial charge in [-0.05, 0) is 80.8 Å². The van der Waals surface area contributed by atoms with E-state index in [1.54, 1.807) is 12.1 Å². The Morgan fingerprint density at radius 2 is 1.77 bits per heavy atom. The van der Waals surface area contributed by atoms with Gasteiger partial charge in [0.25, 0.3) is 0 Å².